The average molecular weight is 425 g/mol. The lowest BCUT2D eigenvalue weighted by molar-refractivity contribution is -0.119. The zero-order valence-corrected chi connectivity index (χ0v) is 16.9. The van der Waals surface area contributed by atoms with E-state index < -0.39 is 5.82 Å². The van der Waals surface area contributed by atoms with Crippen LogP contribution in [0, 0.1) is 5.82 Å². The second-order valence-corrected chi connectivity index (χ2v) is 7.85. The summed E-state index contributed by atoms with van der Waals surface area (Å²) in [6.45, 7) is 4.35. The molecule has 1 saturated carbocycles. The van der Waals surface area contributed by atoms with Crippen LogP contribution in [0.1, 0.15) is 31.5 Å². The maximum atomic E-state index is 13.1. The fourth-order valence-electron chi connectivity index (χ4n) is 3.05. The van der Waals surface area contributed by atoms with Gasteiger partial charge in [-0.15, -0.1) is 16.8 Å². The van der Waals surface area contributed by atoms with E-state index in [1.807, 2.05) is 4.57 Å². The van der Waals surface area contributed by atoms with E-state index in [1.165, 1.54) is 42.8 Å². The molecule has 0 atom stereocenters. The third kappa shape index (κ3) is 5.48. The first kappa shape index (κ1) is 20.7. The third-order valence-corrected chi connectivity index (χ3v) is 5.67. The molecule has 0 unspecified atom stereocenters. The highest BCUT2D eigenvalue weighted by Crippen LogP contribution is 2.26. The lowest BCUT2D eigenvalue weighted by atomic mass is 10.2. The van der Waals surface area contributed by atoms with Crippen LogP contribution in [0.3, 0.4) is 0 Å². The van der Waals surface area contributed by atoms with Crippen LogP contribution in [-0.4, -0.2) is 32.5 Å². The van der Waals surface area contributed by atoms with Crippen molar-refractivity contribution < 1.29 is 13.9 Å². The Labute approximate surface area is 172 Å². The smallest absolute Gasteiger partial charge is 0.230 e. The Morgan fingerprint density at radius 3 is 2.93 bits per heavy atom. The average Bonchev–Trinajstić information content (AvgIpc) is 3.30. The van der Waals surface area contributed by atoms with Crippen molar-refractivity contribution >= 4 is 29.3 Å². The maximum Gasteiger partial charge on any atom is 0.230 e. The number of amides is 1. The number of aromatic nitrogens is 3. The van der Waals surface area contributed by atoms with E-state index in [1.54, 1.807) is 6.08 Å². The zero-order valence-electron chi connectivity index (χ0n) is 15.4. The van der Waals surface area contributed by atoms with Crippen molar-refractivity contribution in [2.45, 2.75) is 50.0 Å². The van der Waals surface area contributed by atoms with Gasteiger partial charge in [0.1, 0.15) is 18.2 Å². The van der Waals surface area contributed by atoms with Gasteiger partial charge >= 0.3 is 0 Å². The van der Waals surface area contributed by atoms with Crippen LogP contribution < -0.4 is 10.1 Å². The minimum absolute atomic E-state index is 0.000877. The minimum atomic E-state index is -0.429. The number of carbonyl (C=O) groups excluding carboxylic acids is 1. The summed E-state index contributed by atoms with van der Waals surface area (Å²) in [4.78, 5) is 12.1. The van der Waals surface area contributed by atoms with Crippen molar-refractivity contribution in [1.29, 1.82) is 0 Å². The molecule has 1 aliphatic rings. The predicted molar refractivity (Wildman–Crippen MR) is 107 cm³/mol. The summed E-state index contributed by atoms with van der Waals surface area (Å²) in [6, 6.07) is 4.23. The monoisotopic (exact) mass is 424 g/mol. The number of ether oxygens (including phenoxy) is 1. The topological polar surface area (TPSA) is 69.0 Å². The number of hydrogen-bond donors (Lipinski definition) is 1. The molecule has 1 aliphatic carbocycles. The van der Waals surface area contributed by atoms with E-state index in [2.05, 4.69) is 22.1 Å². The van der Waals surface area contributed by atoms with Crippen molar-refractivity contribution in [2.24, 2.45) is 0 Å². The van der Waals surface area contributed by atoms with Crippen LogP contribution in [0.15, 0.2) is 36.0 Å². The molecule has 0 bridgehead atoms. The number of hydrogen-bond acceptors (Lipinski definition) is 5. The second kappa shape index (κ2) is 9.93. The highest BCUT2D eigenvalue weighted by atomic mass is 35.5. The number of halogens is 2. The van der Waals surface area contributed by atoms with E-state index in [0.717, 1.165) is 12.8 Å². The Balaban J connectivity index is 1.60. The Morgan fingerprint density at radius 1 is 1.43 bits per heavy atom. The first-order chi connectivity index (χ1) is 13.6. The molecular weight excluding hydrogens is 403 g/mol. The van der Waals surface area contributed by atoms with Crippen LogP contribution in [0.5, 0.6) is 5.75 Å². The Morgan fingerprint density at radius 2 is 2.21 bits per heavy atom. The van der Waals surface area contributed by atoms with E-state index in [-0.39, 0.29) is 23.3 Å². The minimum Gasteiger partial charge on any atom is -0.484 e. The fraction of sp³-hybridized carbons (Fsp3) is 0.421. The summed E-state index contributed by atoms with van der Waals surface area (Å²) in [7, 11) is 0. The molecule has 1 aromatic heterocycles. The molecule has 0 spiro atoms. The molecule has 3 rings (SSSR count). The number of thioether (sulfide) groups is 1. The van der Waals surface area contributed by atoms with Crippen LogP contribution in [0.2, 0.25) is 5.02 Å². The van der Waals surface area contributed by atoms with Gasteiger partial charge in [0.2, 0.25) is 5.91 Å². The van der Waals surface area contributed by atoms with Crippen molar-refractivity contribution in [3.05, 3.63) is 47.5 Å². The molecule has 1 fully saturated rings. The molecule has 9 heteroatoms. The van der Waals surface area contributed by atoms with Crippen LogP contribution >= 0.6 is 23.4 Å². The van der Waals surface area contributed by atoms with Crippen molar-refractivity contribution in [3.63, 3.8) is 0 Å². The summed E-state index contributed by atoms with van der Waals surface area (Å²) < 4.78 is 20.6. The van der Waals surface area contributed by atoms with Crippen molar-refractivity contribution in [2.75, 3.05) is 5.75 Å². The highest BCUT2D eigenvalue weighted by Gasteiger charge is 2.19. The van der Waals surface area contributed by atoms with Crippen molar-refractivity contribution in [3.8, 4) is 5.75 Å². The van der Waals surface area contributed by atoms with Crippen LogP contribution in [0.25, 0.3) is 0 Å². The number of carbonyl (C=O) groups is 1. The summed E-state index contributed by atoms with van der Waals surface area (Å²) in [5, 5.41) is 12.2. The van der Waals surface area contributed by atoms with Gasteiger partial charge in [-0.05, 0) is 31.0 Å². The molecule has 0 saturated heterocycles. The molecule has 0 aliphatic heterocycles. The van der Waals surface area contributed by atoms with E-state index in [0.29, 0.717) is 29.3 Å². The van der Waals surface area contributed by atoms with E-state index in [9.17, 15) is 9.18 Å². The van der Waals surface area contributed by atoms with Gasteiger partial charge in [0.15, 0.2) is 11.0 Å². The molecule has 6 nitrogen and oxygen atoms in total. The molecule has 28 heavy (non-hydrogen) atoms. The SMILES string of the molecule is C=CCn1c(COc2ccc(F)cc2Cl)nnc1SCC(=O)NC1CCCC1. The molecular formula is C19H22ClFN4O2S. The normalized spacial score (nSPS) is 14.2. The lowest BCUT2D eigenvalue weighted by Crippen LogP contribution is -2.33. The standard InChI is InChI=1S/C19H22ClFN4O2S/c1-2-9-25-17(11-27-16-8-7-13(21)10-15(16)20)23-24-19(25)28-12-18(26)22-14-5-3-4-6-14/h2,7-8,10,14H,1,3-6,9,11-12H2,(H,22,26). The van der Waals surface area contributed by atoms with Gasteiger partial charge in [0, 0.05) is 12.6 Å². The second-order valence-electron chi connectivity index (χ2n) is 6.50. The largest absolute Gasteiger partial charge is 0.484 e. The molecule has 1 N–H and O–H groups in total. The summed E-state index contributed by atoms with van der Waals surface area (Å²) in [5.41, 5.74) is 0. The van der Waals surface area contributed by atoms with E-state index >= 15 is 0 Å². The van der Waals surface area contributed by atoms with Gasteiger partial charge in [-0.1, -0.05) is 42.3 Å². The summed E-state index contributed by atoms with van der Waals surface area (Å²) in [6.07, 6.45) is 6.17. The highest BCUT2D eigenvalue weighted by molar-refractivity contribution is 7.99. The predicted octanol–water partition coefficient (Wildman–Crippen LogP) is 3.99. The number of allylic oxidation sites excluding steroid dienone is 1. The molecule has 150 valence electrons. The van der Waals surface area contributed by atoms with Gasteiger partial charge < -0.3 is 10.1 Å². The van der Waals surface area contributed by atoms with E-state index in [4.69, 9.17) is 16.3 Å². The van der Waals surface area contributed by atoms with Gasteiger partial charge in [-0.25, -0.2) is 4.39 Å². The van der Waals surface area contributed by atoms with Crippen LogP contribution in [0.4, 0.5) is 4.39 Å². The number of benzene rings is 1. The first-order valence-corrected chi connectivity index (χ1v) is 10.5. The Hall–Kier alpha value is -2.06. The lowest BCUT2D eigenvalue weighted by Gasteiger charge is -2.12. The van der Waals surface area contributed by atoms with Gasteiger partial charge in [0.25, 0.3) is 0 Å². The van der Waals surface area contributed by atoms with Crippen molar-refractivity contribution in [1.82, 2.24) is 20.1 Å². The molecule has 1 aromatic carbocycles. The molecule has 0 radical (unpaired) electrons. The van der Waals surface area contributed by atoms with Gasteiger partial charge in [-0.2, -0.15) is 0 Å². The Bertz CT molecular complexity index is 839. The van der Waals surface area contributed by atoms with Gasteiger partial charge in [0.05, 0.1) is 10.8 Å². The third-order valence-electron chi connectivity index (χ3n) is 4.41. The number of nitrogens with zero attached hydrogens (tertiary/aromatic N) is 3. The van der Waals surface area contributed by atoms with Gasteiger partial charge in [-0.3, -0.25) is 9.36 Å². The fourth-order valence-corrected chi connectivity index (χ4v) is 4.05. The number of rotatable bonds is 9. The molecule has 2 aromatic rings. The molecule has 1 amide bonds. The molecule has 1 heterocycles. The number of nitrogens with one attached hydrogen (secondary N) is 1. The van der Waals surface area contributed by atoms with Crippen LogP contribution in [-0.2, 0) is 17.9 Å². The summed E-state index contributed by atoms with van der Waals surface area (Å²) in [5.74, 6) is 0.777. The quantitative estimate of drug-likeness (QED) is 0.487. The Kier molecular flexibility index (Phi) is 7.33. The zero-order chi connectivity index (χ0) is 19.9. The summed E-state index contributed by atoms with van der Waals surface area (Å²) >= 11 is 7.31. The first-order valence-electron chi connectivity index (χ1n) is 9.10. The maximum absolute atomic E-state index is 13.1.